The van der Waals surface area contributed by atoms with Crippen LogP contribution in [0.25, 0.3) is 0 Å². The normalized spacial score (nSPS) is 13.8. The topological polar surface area (TPSA) is 155 Å². The van der Waals surface area contributed by atoms with Gasteiger partial charge in [-0.1, -0.05) is 74.5 Å². The zero-order chi connectivity index (χ0) is 35.3. The highest BCUT2D eigenvalue weighted by molar-refractivity contribution is 5.82. The van der Waals surface area contributed by atoms with Gasteiger partial charge < -0.3 is 35.8 Å². The summed E-state index contributed by atoms with van der Waals surface area (Å²) in [5.41, 5.74) is -0.0771. The predicted octanol–water partition coefficient (Wildman–Crippen LogP) is 4.52. The highest BCUT2D eigenvalue weighted by Gasteiger charge is 2.31. The Hall–Kier alpha value is -4.12. The van der Waals surface area contributed by atoms with Crippen molar-refractivity contribution in [1.29, 1.82) is 0 Å². The lowest BCUT2D eigenvalue weighted by molar-refractivity contribution is -0.131. The first-order valence-electron chi connectivity index (χ1n) is 16.1. The van der Waals surface area contributed by atoms with Gasteiger partial charge in [-0.2, -0.15) is 0 Å². The number of carbonyl (C=O) groups excluding carboxylic acids is 4. The van der Waals surface area contributed by atoms with Crippen molar-refractivity contribution in [3.63, 3.8) is 0 Å². The molecule has 2 aromatic rings. The minimum absolute atomic E-state index is 0.154. The molecule has 0 saturated heterocycles. The van der Waals surface area contributed by atoms with E-state index in [1.54, 1.807) is 41.5 Å². The Morgan fingerprint density at radius 3 is 1.70 bits per heavy atom. The average molecular weight is 655 g/mol. The van der Waals surface area contributed by atoms with Crippen molar-refractivity contribution >= 4 is 24.0 Å². The summed E-state index contributed by atoms with van der Waals surface area (Å²) in [4.78, 5) is 50.9. The first kappa shape index (κ1) is 39.1. The Balaban J connectivity index is 1.96. The molecule has 0 saturated carbocycles. The third-order valence-electron chi connectivity index (χ3n) is 6.93. The predicted molar refractivity (Wildman–Crippen MR) is 182 cm³/mol. The number of hydrogen-bond acceptors (Lipinski definition) is 7. The van der Waals surface area contributed by atoms with E-state index in [-0.39, 0.29) is 44.3 Å². The van der Waals surface area contributed by atoms with Gasteiger partial charge in [0.25, 0.3) is 5.91 Å². The second-order valence-corrected chi connectivity index (χ2v) is 14.7. The van der Waals surface area contributed by atoms with Crippen LogP contribution in [0.4, 0.5) is 9.59 Å². The van der Waals surface area contributed by atoms with E-state index in [9.17, 15) is 24.3 Å². The molecule has 2 aromatic carbocycles. The first-order chi connectivity index (χ1) is 21.8. The molecule has 11 heteroatoms. The summed E-state index contributed by atoms with van der Waals surface area (Å²) in [6.07, 6.45) is -1.86. The standard InChI is InChI=1S/C36H54N4O7/c1-34(2,3)46-32(44)37-22-27(19-25-15-11-9-12-16-25)21-29(41)38-23-36(7,8)24-39-31(43)30(42)28(20-26-17-13-10-14-18-26)40-33(45)47-35(4,5)6/h9-18,27-28,30,42H,19-24H2,1-8H3,(H,37,44)(H,38,41)(H,39,43)(H,40,45)/t27-,28-,30+/m1/s1. The molecule has 0 radical (unpaired) electrons. The van der Waals surface area contributed by atoms with E-state index < -0.39 is 46.9 Å². The lowest BCUT2D eigenvalue weighted by Gasteiger charge is -2.29. The van der Waals surface area contributed by atoms with Crippen LogP contribution in [0.5, 0.6) is 0 Å². The molecule has 260 valence electrons. The van der Waals surface area contributed by atoms with Crippen LogP contribution < -0.4 is 21.3 Å². The van der Waals surface area contributed by atoms with Crippen LogP contribution in [0, 0.1) is 11.3 Å². The van der Waals surface area contributed by atoms with Crippen LogP contribution in [0.2, 0.25) is 0 Å². The number of aliphatic hydroxyl groups excluding tert-OH is 1. The largest absolute Gasteiger partial charge is 0.444 e. The molecule has 3 atom stereocenters. The first-order valence-corrected chi connectivity index (χ1v) is 16.1. The Morgan fingerprint density at radius 2 is 1.17 bits per heavy atom. The monoisotopic (exact) mass is 654 g/mol. The summed E-state index contributed by atoms with van der Waals surface area (Å²) in [7, 11) is 0. The molecule has 47 heavy (non-hydrogen) atoms. The van der Waals surface area contributed by atoms with E-state index in [2.05, 4.69) is 21.3 Å². The molecule has 5 N–H and O–H groups in total. The number of amides is 4. The fourth-order valence-electron chi connectivity index (χ4n) is 4.62. The molecule has 0 heterocycles. The Kier molecular flexibility index (Phi) is 14.7. The van der Waals surface area contributed by atoms with Gasteiger partial charge in [-0.3, -0.25) is 9.59 Å². The molecule has 2 rings (SSSR count). The molecule has 0 unspecified atom stereocenters. The second-order valence-electron chi connectivity index (χ2n) is 14.7. The van der Waals surface area contributed by atoms with E-state index in [0.29, 0.717) is 6.42 Å². The van der Waals surface area contributed by atoms with Gasteiger partial charge in [0.15, 0.2) is 6.10 Å². The fraction of sp³-hybridized carbons (Fsp3) is 0.556. The number of carbonyl (C=O) groups is 4. The third-order valence-corrected chi connectivity index (χ3v) is 6.93. The van der Waals surface area contributed by atoms with Gasteiger partial charge in [0, 0.05) is 26.1 Å². The summed E-state index contributed by atoms with van der Waals surface area (Å²) in [5.74, 6) is -1.03. The van der Waals surface area contributed by atoms with Crippen LogP contribution >= 0.6 is 0 Å². The van der Waals surface area contributed by atoms with Gasteiger partial charge in [-0.05, 0) is 76.8 Å². The van der Waals surface area contributed by atoms with Crippen molar-refractivity contribution in [2.24, 2.45) is 11.3 Å². The quantitative estimate of drug-likeness (QED) is 0.189. The molecule has 0 aliphatic carbocycles. The molecule has 4 amide bonds. The van der Waals surface area contributed by atoms with Gasteiger partial charge in [-0.25, -0.2) is 9.59 Å². The highest BCUT2D eigenvalue weighted by Crippen LogP contribution is 2.16. The molecule has 0 spiro atoms. The van der Waals surface area contributed by atoms with Gasteiger partial charge in [0.1, 0.15) is 11.2 Å². The molecule has 0 aromatic heterocycles. The number of alkyl carbamates (subject to hydrolysis) is 2. The minimum atomic E-state index is -1.55. The lowest BCUT2D eigenvalue weighted by atomic mass is 9.92. The zero-order valence-electron chi connectivity index (χ0n) is 29.1. The smallest absolute Gasteiger partial charge is 0.407 e. The Morgan fingerprint density at radius 1 is 0.681 bits per heavy atom. The maximum absolute atomic E-state index is 13.1. The Labute approximate surface area is 279 Å². The summed E-state index contributed by atoms with van der Waals surface area (Å²) in [5, 5.41) is 22.1. The van der Waals surface area contributed by atoms with Crippen LogP contribution in [-0.2, 0) is 31.9 Å². The van der Waals surface area contributed by atoms with Crippen LogP contribution in [0.15, 0.2) is 60.7 Å². The number of hydrogen-bond donors (Lipinski definition) is 5. The summed E-state index contributed by atoms with van der Waals surface area (Å²) in [6.45, 7) is 15.0. The van der Waals surface area contributed by atoms with Crippen molar-refractivity contribution in [1.82, 2.24) is 21.3 Å². The van der Waals surface area contributed by atoms with E-state index in [0.717, 1.165) is 11.1 Å². The molecular weight excluding hydrogens is 600 g/mol. The van der Waals surface area contributed by atoms with E-state index in [1.807, 2.05) is 74.5 Å². The molecule has 11 nitrogen and oxygen atoms in total. The maximum atomic E-state index is 13.1. The van der Waals surface area contributed by atoms with Crippen LogP contribution in [-0.4, -0.2) is 72.1 Å². The van der Waals surface area contributed by atoms with Gasteiger partial charge >= 0.3 is 12.2 Å². The average Bonchev–Trinajstić information content (AvgIpc) is 2.96. The summed E-state index contributed by atoms with van der Waals surface area (Å²) < 4.78 is 10.7. The SMILES string of the molecule is CC(C)(CNC(=O)C[C@H](CNC(=O)OC(C)(C)C)Cc1ccccc1)CNC(=O)[C@@H](O)[C@@H](Cc1ccccc1)NC(=O)OC(C)(C)C. The lowest BCUT2D eigenvalue weighted by Crippen LogP contribution is -2.54. The number of ether oxygens (including phenoxy) is 2. The van der Waals surface area contributed by atoms with Gasteiger partial charge in [0.2, 0.25) is 5.91 Å². The van der Waals surface area contributed by atoms with E-state index in [4.69, 9.17) is 9.47 Å². The number of benzene rings is 2. The summed E-state index contributed by atoms with van der Waals surface area (Å²) in [6, 6.07) is 18.0. The van der Waals surface area contributed by atoms with Gasteiger partial charge in [0.05, 0.1) is 6.04 Å². The third kappa shape index (κ3) is 16.8. The van der Waals surface area contributed by atoms with Crippen molar-refractivity contribution < 1.29 is 33.8 Å². The minimum Gasteiger partial charge on any atom is -0.444 e. The zero-order valence-corrected chi connectivity index (χ0v) is 29.1. The van der Waals surface area contributed by atoms with Crippen molar-refractivity contribution in [3.05, 3.63) is 71.8 Å². The van der Waals surface area contributed by atoms with E-state index >= 15 is 0 Å². The molecule has 0 fully saturated rings. The van der Waals surface area contributed by atoms with Crippen molar-refractivity contribution in [3.8, 4) is 0 Å². The molecule has 0 bridgehead atoms. The number of aliphatic hydroxyl groups is 1. The van der Waals surface area contributed by atoms with Crippen molar-refractivity contribution in [2.45, 2.75) is 98.0 Å². The summed E-state index contributed by atoms with van der Waals surface area (Å²) >= 11 is 0. The van der Waals surface area contributed by atoms with E-state index in [1.165, 1.54) is 0 Å². The highest BCUT2D eigenvalue weighted by atomic mass is 16.6. The number of rotatable bonds is 15. The molecule has 0 aliphatic heterocycles. The van der Waals surface area contributed by atoms with Crippen molar-refractivity contribution in [2.75, 3.05) is 19.6 Å². The molecular formula is C36H54N4O7. The number of nitrogens with one attached hydrogen (secondary N) is 4. The Bertz CT molecular complexity index is 1290. The molecule has 0 aliphatic rings. The maximum Gasteiger partial charge on any atom is 0.407 e. The van der Waals surface area contributed by atoms with Crippen LogP contribution in [0.3, 0.4) is 0 Å². The van der Waals surface area contributed by atoms with Gasteiger partial charge in [-0.15, -0.1) is 0 Å². The fourth-order valence-corrected chi connectivity index (χ4v) is 4.62. The second kappa shape index (κ2) is 17.7. The van der Waals surface area contributed by atoms with Crippen LogP contribution in [0.1, 0.15) is 72.9 Å².